The van der Waals surface area contributed by atoms with Crippen molar-refractivity contribution < 1.29 is 0 Å². The van der Waals surface area contributed by atoms with Gasteiger partial charge in [0.05, 0.1) is 0 Å². The normalized spacial score (nSPS) is 13.5. The van der Waals surface area contributed by atoms with E-state index in [1.54, 1.807) is 11.3 Å². The molecule has 0 unspecified atom stereocenters. The lowest BCUT2D eigenvalue weighted by Crippen LogP contribution is -2.19. The fourth-order valence-corrected chi connectivity index (χ4v) is 2.92. The van der Waals surface area contributed by atoms with Gasteiger partial charge in [-0.3, -0.25) is 0 Å². The Balaban J connectivity index is 2.93. The van der Waals surface area contributed by atoms with Crippen LogP contribution in [0.15, 0.2) is 0 Å². The van der Waals surface area contributed by atoms with Crippen LogP contribution in [0, 0.1) is 5.92 Å². The van der Waals surface area contributed by atoms with E-state index in [4.69, 9.17) is 0 Å². The second-order valence-corrected chi connectivity index (χ2v) is 7.62. The molecule has 0 aliphatic heterocycles. The third-order valence-corrected chi connectivity index (χ3v) is 4.28. The van der Waals surface area contributed by atoms with Crippen LogP contribution >= 0.6 is 11.3 Å². The first-order valence-corrected chi connectivity index (χ1v) is 6.79. The molecule has 0 saturated heterocycles. The van der Waals surface area contributed by atoms with Gasteiger partial charge in [0.15, 0.2) is 0 Å². The molecule has 1 aromatic rings. The summed E-state index contributed by atoms with van der Waals surface area (Å²) in [5, 5.41) is 11.0. The fourth-order valence-electron chi connectivity index (χ4n) is 1.91. The van der Waals surface area contributed by atoms with Gasteiger partial charge in [0.25, 0.3) is 0 Å². The standard InChI is InChI=1S/C13H24N2S/c1-9(2)8-13(6,7)11-15-14-10(16-11)12(3,4)5/h9H,8H2,1-7H3. The van der Waals surface area contributed by atoms with E-state index < -0.39 is 0 Å². The average molecular weight is 240 g/mol. The maximum atomic E-state index is 4.38. The molecule has 3 heteroatoms. The van der Waals surface area contributed by atoms with Crippen LogP contribution in [0.2, 0.25) is 0 Å². The molecule has 0 N–H and O–H groups in total. The van der Waals surface area contributed by atoms with Crippen molar-refractivity contribution in [3.8, 4) is 0 Å². The number of nitrogens with zero attached hydrogens (tertiary/aromatic N) is 2. The molecule has 1 rings (SSSR count). The maximum Gasteiger partial charge on any atom is 0.123 e. The predicted octanol–water partition coefficient (Wildman–Crippen LogP) is 4.16. The number of rotatable bonds is 3. The number of hydrogen-bond acceptors (Lipinski definition) is 3. The van der Waals surface area contributed by atoms with Gasteiger partial charge in [-0.1, -0.05) is 48.5 Å². The molecule has 0 radical (unpaired) electrons. The molecule has 1 aromatic heterocycles. The highest BCUT2D eigenvalue weighted by Gasteiger charge is 2.28. The largest absolute Gasteiger partial charge is 0.143 e. The first kappa shape index (κ1) is 13.6. The van der Waals surface area contributed by atoms with E-state index in [0.29, 0.717) is 5.92 Å². The Bertz CT molecular complexity index is 345. The monoisotopic (exact) mass is 240 g/mol. The van der Waals surface area contributed by atoms with E-state index in [1.807, 2.05) is 0 Å². The van der Waals surface area contributed by atoms with Crippen LogP contribution in [0.4, 0.5) is 0 Å². The summed E-state index contributed by atoms with van der Waals surface area (Å²) in [7, 11) is 0. The minimum Gasteiger partial charge on any atom is -0.143 e. The van der Waals surface area contributed by atoms with Gasteiger partial charge in [-0.05, 0) is 12.3 Å². The van der Waals surface area contributed by atoms with Crippen LogP contribution in [0.1, 0.15) is 64.9 Å². The molecule has 0 amide bonds. The van der Waals surface area contributed by atoms with E-state index in [0.717, 1.165) is 11.4 Å². The quantitative estimate of drug-likeness (QED) is 0.793. The van der Waals surface area contributed by atoms with E-state index in [1.165, 1.54) is 5.01 Å². The second kappa shape index (κ2) is 4.44. The second-order valence-electron chi connectivity index (χ2n) is 6.64. The lowest BCUT2D eigenvalue weighted by Gasteiger charge is -2.23. The smallest absolute Gasteiger partial charge is 0.123 e. The SMILES string of the molecule is CC(C)CC(C)(C)c1nnc(C(C)(C)C)s1. The van der Waals surface area contributed by atoms with Crippen LogP contribution in [-0.4, -0.2) is 10.2 Å². The Morgan fingerprint density at radius 1 is 1.00 bits per heavy atom. The van der Waals surface area contributed by atoms with Crippen LogP contribution in [0.3, 0.4) is 0 Å². The molecule has 2 nitrogen and oxygen atoms in total. The van der Waals surface area contributed by atoms with Gasteiger partial charge in [-0.2, -0.15) is 0 Å². The van der Waals surface area contributed by atoms with Crippen LogP contribution < -0.4 is 0 Å². The molecule has 0 atom stereocenters. The molecular formula is C13H24N2S. The van der Waals surface area contributed by atoms with Crippen molar-refractivity contribution in [2.45, 2.75) is 65.7 Å². The van der Waals surface area contributed by atoms with Crippen molar-refractivity contribution in [3.63, 3.8) is 0 Å². The molecule has 1 heterocycles. The summed E-state index contributed by atoms with van der Waals surface area (Å²) in [6, 6.07) is 0. The van der Waals surface area contributed by atoms with Gasteiger partial charge < -0.3 is 0 Å². The summed E-state index contributed by atoms with van der Waals surface area (Å²) >= 11 is 1.77. The zero-order valence-corrected chi connectivity index (χ0v) is 12.4. The minimum atomic E-state index is 0.115. The third kappa shape index (κ3) is 3.27. The summed E-state index contributed by atoms with van der Waals surface area (Å²) in [6.07, 6.45) is 1.16. The molecular weight excluding hydrogens is 216 g/mol. The van der Waals surface area contributed by atoms with E-state index in [9.17, 15) is 0 Å². The fraction of sp³-hybridized carbons (Fsp3) is 0.846. The number of hydrogen-bond donors (Lipinski definition) is 0. The number of aromatic nitrogens is 2. The molecule has 0 aromatic carbocycles. The van der Waals surface area contributed by atoms with E-state index in [2.05, 4.69) is 58.7 Å². The predicted molar refractivity (Wildman–Crippen MR) is 71.1 cm³/mol. The van der Waals surface area contributed by atoms with Crippen molar-refractivity contribution in [1.29, 1.82) is 0 Å². The van der Waals surface area contributed by atoms with Crippen LogP contribution in [0.25, 0.3) is 0 Å². The van der Waals surface area contributed by atoms with Crippen LogP contribution in [-0.2, 0) is 10.8 Å². The van der Waals surface area contributed by atoms with Gasteiger partial charge in [-0.25, -0.2) is 0 Å². The summed E-state index contributed by atoms with van der Waals surface area (Å²) in [5.74, 6) is 0.692. The lowest BCUT2D eigenvalue weighted by molar-refractivity contribution is 0.396. The zero-order valence-electron chi connectivity index (χ0n) is 11.6. The van der Waals surface area contributed by atoms with Gasteiger partial charge in [-0.15, -0.1) is 21.5 Å². The Labute approximate surface area is 103 Å². The Kier molecular flexibility index (Phi) is 3.78. The topological polar surface area (TPSA) is 25.8 Å². The van der Waals surface area contributed by atoms with Crippen molar-refractivity contribution in [3.05, 3.63) is 10.0 Å². The van der Waals surface area contributed by atoms with Gasteiger partial charge in [0, 0.05) is 10.8 Å². The summed E-state index contributed by atoms with van der Waals surface area (Å²) < 4.78 is 0. The molecule has 0 aliphatic carbocycles. The Morgan fingerprint density at radius 2 is 1.50 bits per heavy atom. The molecule has 0 aliphatic rings. The molecule has 0 fully saturated rings. The summed E-state index contributed by atoms with van der Waals surface area (Å²) in [6.45, 7) is 15.6. The molecule has 16 heavy (non-hydrogen) atoms. The van der Waals surface area contributed by atoms with E-state index >= 15 is 0 Å². The summed E-state index contributed by atoms with van der Waals surface area (Å²) in [5.41, 5.74) is 0.263. The highest BCUT2D eigenvalue weighted by Crippen LogP contribution is 2.35. The van der Waals surface area contributed by atoms with Crippen molar-refractivity contribution in [1.82, 2.24) is 10.2 Å². The molecule has 0 saturated carbocycles. The van der Waals surface area contributed by atoms with Gasteiger partial charge in [0.1, 0.15) is 10.0 Å². The average Bonchev–Trinajstić information content (AvgIpc) is 2.47. The first-order chi connectivity index (χ1) is 7.13. The molecule has 92 valence electrons. The lowest BCUT2D eigenvalue weighted by atomic mass is 9.85. The van der Waals surface area contributed by atoms with Crippen molar-refractivity contribution in [2.24, 2.45) is 5.92 Å². The summed E-state index contributed by atoms with van der Waals surface area (Å²) in [4.78, 5) is 0. The van der Waals surface area contributed by atoms with Gasteiger partial charge in [0.2, 0.25) is 0 Å². The molecule has 0 bridgehead atoms. The molecule has 0 spiro atoms. The van der Waals surface area contributed by atoms with Crippen LogP contribution in [0.5, 0.6) is 0 Å². The van der Waals surface area contributed by atoms with Crippen molar-refractivity contribution >= 4 is 11.3 Å². The minimum absolute atomic E-state index is 0.115. The van der Waals surface area contributed by atoms with Crippen molar-refractivity contribution in [2.75, 3.05) is 0 Å². The zero-order chi connectivity index (χ0) is 12.6. The highest BCUT2D eigenvalue weighted by atomic mass is 32.1. The highest BCUT2D eigenvalue weighted by molar-refractivity contribution is 7.11. The first-order valence-electron chi connectivity index (χ1n) is 5.97. The third-order valence-electron chi connectivity index (χ3n) is 2.56. The maximum absolute atomic E-state index is 4.38. The Morgan fingerprint density at radius 3 is 1.88 bits per heavy atom. The van der Waals surface area contributed by atoms with E-state index in [-0.39, 0.29) is 10.8 Å². The Hall–Kier alpha value is -0.440. The van der Waals surface area contributed by atoms with Gasteiger partial charge >= 0.3 is 0 Å².